The van der Waals surface area contributed by atoms with Gasteiger partial charge in [0.05, 0.1) is 0 Å². The molecule has 3 rings (SSSR count). The van der Waals surface area contributed by atoms with E-state index in [1.54, 1.807) is 30.4 Å². The molecular formula is C23H27N5O. The largest absolute Gasteiger partial charge is 0.340 e. The fourth-order valence-corrected chi connectivity index (χ4v) is 2.96. The monoisotopic (exact) mass is 389 g/mol. The molecule has 0 aliphatic carbocycles. The number of likely N-dealkylation sites (N-methyl/N-ethyl adjacent to an activating group) is 1. The first-order chi connectivity index (χ1) is 13.9. The number of hydrogen-bond donors (Lipinski definition) is 1. The van der Waals surface area contributed by atoms with Gasteiger partial charge in [-0.25, -0.2) is 9.97 Å². The second-order valence-corrected chi connectivity index (χ2v) is 7.45. The number of amides is 1. The molecule has 0 saturated heterocycles. The maximum absolute atomic E-state index is 12.8. The normalized spacial score (nSPS) is 10.8. The Kier molecular flexibility index (Phi) is 6.54. The van der Waals surface area contributed by atoms with Crippen molar-refractivity contribution in [2.75, 3.05) is 18.9 Å². The summed E-state index contributed by atoms with van der Waals surface area (Å²) >= 11 is 0. The SMILES string of the molecule is Cc1cc(C(=O)N(C)CCc2ccncc2)nc(Nc2ccc(C(C)C)cc2)n1. The van der Waals surface area contributed by atoms with Crippen LogP contribution in [0.5, 0.6) is 0 Å². The molecule has 1 aromatic carbocycles. The fraction of sp³-hybridized carbons (Fsp3) is 0.304. The van der Waals surface area contributed by atoms with Crippen LogP contribution in [0.2, 0.25) is 0 Å². The average molecular weight is 390 g/mol. The Morgan fingerprint density at radius 1 is 1.07 bits per heavy atom. The Labute approximate surface area is 172 Å². The van der Waals surface area contributed by atoms with E-state index in [-0.39, 0.29) is 5.91 Å². The summed E-state index contributed by atoms with van der Waals surface area (Å²) in [4.78, 5) is 27.4. The Bertz CT molecular complexity index is 955. The first kappa shape index (κ1) is 20.5. The summed E-state index contributed by atoms with van der Waals surface area (Å²) in [5.74, 6) is 0.780. The van der Waals surface area contributed by atoms with Crippen molar-refractivity contribution in [3.05, 3.63) is 77.4 Å². The Balaban J connectivity index is 1.69. The van der Waals surface area contributed by atoms with Crippen LogP contribution in [0.4, 0.5) is 11.6 Å². The number of nitrogens with one attached hydrogen (secondary N) is 1. The van der Waals surface area contributed by atoms with E-state index in [4.69, 9.17) is 0 Å². The van der Waals surface area contributed by atoms with Crippen molar-refractivity contribution in [2.24, 2.45) is 0 Å². The van der Waals surface area contributed by atoms with Gasteiger partial charge in [-0.3, -0.25) is 9.78 Å². The quantitative estimate of drug-likeness (QED) is 0.650. The number of aromatic nitrogens is 3. The van der Waals surface area contributed by atoms with Crippen molar-refractivity contribution in [1.82, 2.24) is 19.9 Å². The smallest absolute Gasteiger partial charge is 0.272 e. The van der Waals surface area contributed by atoms with Crippen molar-refractivity contribution in [3.63, 3.8) is 0 Å². The number of rotatable bonds is 7. The summed E-state index contributed by atoms with van der Waals surface area (Å²) in [6, 6.07) is 13.8. The number of hydrogen-bond acceptors (Lipinski definition) is 5. The van der Waals surface area contributed by atoms with Crippen molar-refractivity contribution < 1.29 is 4.79 Å². The molecule has 6 nitrogen and oxygen atoms in total. The molecule has 0 radical (unpaired) electrons. The highest BCUT2D eigenvalue weighted by atomic mass is 16.2. The van der Waals surface area contributed by atoms with E-state index >= 15 is 0 Å². The summed E-state index contributed by atoms with van der Waals surface area (Å²) in [7, 11) is 1.79. The Hall–Kier alpha value is -3.28. The third-order valence-electron chi connectivity index (χ3n) is 4.74. The molecule has 0 saturated carbocycles. The van der Waals surface area contributed by atoms with Gasteiger partial charge in [-0.2, -0.15) is 0 Å². The lowest BCUT2D eigenvalue weighted by Gasteiger charge is -2.17. The van der Waals surface area contributed by atoms with Crippen molar-refractivity contribution in [2.45, 2.75) is 33.1 Å². The van der Waals surface area contributed by atoms with Crippen molar-refractivity contribution >= 4 is 17.5 Å². The summed E-state index contributed by atoms with van der Waals surface area (Å²) in [6.07, 6.45) is 4.29. The number of aryl methyl sites for hydroxylation is 1. The minimum atomic E-state index is -0.122. The molecule has 0 aliphatic heterocycles. The van der Waals surface area contributed by atoms with Crippen LogP contribution in [0.1, 0.15) is 47.1 Å². The van der Waals surface area contributed by atoms with E-state index in [0.717, 1.165) is 23.4 Å². The molecule has 1 amide bonds. The van der Waals surface area contributed by atoms with Gasteiger partial charge in [0.25, 0.3) is 5.91 Å². The van der Waals surface area contributed by atoms with Crippen LogP contribution < -0.4 is 5.32 Å². The number of benzene rings is 1. The molecule has 3 aromatic rings. The lowest BCUT2D eigenvalue weighted by Crippen LogP contribution is -2.30. The molecule has 0 spiro atoms. The predicted molar refractivity (Wildman–Crippen MR) is 115 cm³/mol. The lowest BCUT2D eigenvalue weighted by atomic mass is 10.0. The third kappa shape index (κ3) is 5.60. The highest BCUT2D eigenvalue weighted by Gasteiger charge is 2.15. The zero-order valence-electron chi connectivity index (χ0n) is 17.4. The maximum atomic E-state index is 12.8. The minimum Gasteiger partial charge on any atom is -0.340 e. The van der Waals surface area contributed by atoms with Gasteiger partial charge in [0.15, 0.2) is 0 Å². The van der Waals surface area contributed by atoms with Crippen LogP contribution in [0.15, 0.2) is 54.9 Å². The highest BCUT2D eigenvalue weighted by molar-refractivity contribution is 5.92. The molecule has 150 valence electrons. The van der Waals surface area contributed by atoms with Gasteiger partial charge in [-0.15, -0.1) is 0 Å². The van der Waals surface area contributed by atoms with E-state index in [1.165, 1.54) is 5.56 Å². The minimum absolute atomic E-state index is 0.122. The van der Waals surface area contributed by atoms with Crippen LogP contribution in [0, 0.1) is 6.92 Å². The fourth-order valence-electron chi connectivity index (χ4n) is 2.96. The van der Waals surface area contributed by atoms with E-state index in [9.17, 15) is 4.79 Å². The molecule has 1 N–H and O–H groups in total. The van der Waals surface area contributed by atoms with Crippen LogP contribution in [-0.4, -0.2) is 39.4 Å². The molecule has 0 fully saturated rings. The van der Waals surface area contributed by atoms with E-state index in [1.807, 2.05) is 31.2 Å². The topological polar surface area (TPSA) is 71.0 Å². The molecule has 2 heterocycles. The van der Waals surface area contributed by atoms with Gasteiger partial charge in [0.2, 0.25) is 5.95 Å². The molecule has 6 heteroatoms. The summed E-state index contributed by atoms with van der Waals surface area (Å²) in [5.41, 5.74) is 4.44. The Morgan fingerprint density at radius 3 is 2.41 bits per heavy atom. The third-order valence-corrected chi connectivity index (χ3v) is 4.74. The summed E-state index contributed by atoms with van der Waals surface area (Å²) in [5, 5.41) is 3.20. The molecule has 2 aromatic heterocycles. The van der Waals surface area contributed by atoms with Crippen LogP contribution in [0.3, 0.4) is 0 Å². The number of carbonyl (C=O) groups is 1. The Morgan fingerprint density at radius 2 is 1.76 bits per heavy atom. The standard InChI is InChI=1S/C23H27N5O/c1-16(2)19-5-7-20(8-6-19)26-23-25-17(3)15-21(27-23)22(29)28(4)14-11-18-9-12-24-13-10-18/h5-10,12-13,15-16H,11,14H2,1-4H3,(H,25,26,27). The van der Waals surface area contributed by atoms with Gasteiger partial charge in [0.1, 0.15) is 5.69 Å². The predicted octanol–water partition coefficient (Wildman–Crippen LogP) is 4.36. The first-order valence-electron chi connectivity index (χ1n) is 9.79. The molecular weight excluding hydrogens is 362 g/mol. The average Bonchev–Trinajstić information content (AvgIpc) is 2.72. The number of anilines is 2. The lowest BCUT2D eigenvalue weighted by molar-refractivity contribution is 0.0790. The van der Waals surface area contributed by atoms with Gasteiger partial charge in [-0.05, 0) is 60.7 Å². The second kappa shape index (κ2) is 9.28. The van der Waals surface area contributed by atoms with Gasteiger partial charge in [0, 0.05) is 37.4 Å². The number of nitrogens with zero attached hydrogens (tertiary/aromatic N) is 4. The number of carbonyl (C=O) groups excluding carboxylic acids is 1. The molecule has 0 atom stereocenters. The van der Waals surface area contributed by atoms with Crippen LogP contribution >= 0.6 is 0 Å². The van der Waals surface area contributed by atoms with Crippen molar-refractivity contribution in [1.29, 1.82) is 0 Å². The van der Waals surface area contributed by atoms with Crippen molar-refractivity contribution in [3.8, 4) is 0 Å². The second-order valence-electron chi connectivity index (χ2n) is 7.45. The van der Waals surface area contributed by atoms with Gasteiger partial charge < -0.3 is 10.2 Å². The molecule has 0 bridgehead atoms. The first-order valence-corrected chi connectivity index (χ1v) is 9.79. The highest BCUT2D eigenvalue weighted by Crippen LogP contribution is 2.19. The zero-order chi connectivity index (χ0) is 20.8. The molecule has 0 aliphatic rings. The molecule has 0 unspecified atom stereocenters. The zero-order valence-corrected chi connectivity index (χ0v) is 17.4. The van der Waals surface area contributed by atoms with E-state index in [2.05, 4.69) is 46.2 Å². The van der Waals surface area contributed by atoms with E-state index in [0.29, 0.717) is 24.1 Å². The summed E-state index contributed by atoms with van der Waals surface area (Å²) in [6.45, 7) is 6.79. The van der Waals surface area contributed by atoms with Crippen LogP contribution in [-0.2, 0) is 6.42 Å². The van der Waals surface area contributed by atoms with Crippen LogP contribution in [0.25, 0.3) is 0 Å². The van der Waals surface area contributed by atoms with Gasteiger partial charge in [-0.1, -0.05) is 26.0 Å². The van der Waals surface area contributed by atoms with Gasteiger partial charge >= 0.3 is 0 Å². The molecule has 29 heavy (non-hydrogen) atoms. The maximum Gasteiger partial charge on any atom is 0.272 e. The number of pyridine rings is 1. The summed E-state index contributed by atoms with van der Waals surface area (Å²) < 4.78 is 0. The van der Waals surface area contributed by atoms with E-state index < -0.39 is 0 Å².